The summed E-state index contributed by atoms with van der Waals surface area (Å²) in [5.41, 5.74) is 1.52. The third kappa shape index (κ3) is 2.16. The van der Waals surface area contributed by atoms with E-state index < -0.39 is 0 Å². The fourth-order valence-corrected chi connectivity index (χ4v) is 5.21. The van der Waals surface area contributed by atoms with Crippen LogP contribution in [0.1, 0.15) is 35.7 Å². The summed E-state index contributed by atoms with van der Waals surface area (Å²) in [6, 6.07) is 2.53. The van der Waals surface area contributed by atoms with E-state index in [1.807, 2.05) is 23.6 Å². The Balaban J connectivity index is 1.46. The fraction of sp³-hybridized carbons (Fsp3) is 0.471. The van der Waals surface area contributed by atoms with Crippen LogP contribution in [-0.2, 0) is 12.8 Å². The topological polar surface area (TPSA) is 46.8 Å². The van der Waals surface area contributed by atoms with Gasteiger partial charge in [0.25, 0.3) is 0 Å². The number of fused-ring (bicyclic) bond motifs is 3. The second kappa shape index (κ2) is 5.30. The zero-order valence-corrected chi connectivity index (χ0v) is 13.8. The highest BCUT2D eigenvalue weighted by molar-refractivity contribution is 7.19. The van der Waals surface area contributed by atoms with E-state index in [0.717, 1.165) is 31.7 Å². The van der Waals surface area contributed by atoms with Crippen LogP contribution < -0.4 is 4.90 Å². The molecule has 0 bridgehead atoms. The molecule has 118 valence electrons. The largest absolute Gasteiger partial charge is 0.356 e. The molecule has 1 aliphatic heterocycles. The van der Waals surface area contributed by atoms with Gasteiger partial charge < -0.3 is 4.90 Å². The molecular weight excluding hydrogens is 306 g/mol. The third-order valence-electron chi connectivity index (χ3n) is 5.14. The number of hydrogen-bond acceptors (Lipinski definition) is 5. The average molecular weight is 325 g/mol. The molecule has 2 aliphatic rings. The summed E-state index contributed by atoms with van der Waals surface area (Å²) in [7, 11) is 0. The molecule has 0 radical (unpaired) electrons. The number of anilines is 1. The van der Waals surface area contributed by atoms with Crippen LogP contribution in [0.4, 0.5) is 5.82 Å². The molecule has 0 amide bonds. The molecule has 1 saturated heterocycles. The van der Waals surface area contributed by atoms with Gasteiger partial charge in [-0.15, -0.1) is 11.3 Å². The van der Waals surface area contributed by atoms with Gasteiger partial charge in [-0.3, -0.25) is 4.68 Å². The maximum atomic E-state index is 4.67. The summed E-state index contributed by atoms with van der Waals surface area (Å²) < 4.78 is 2.11. The van der Waals surface area contributed by atoms with Crippen molar-refractivity contribution in [3.05, 3.63) is 35.2 Å². The van der Waals surface area contributed by atoms with Crippen LogP contribution in [0.5, 0.6) is 0 Å². The Morgan fingerprint density at radius 3 is 2.87 bits per heavy atom. The van der Waals surface area contributed by atoms with Gasteiger partial charge in [0.15, 0.2) is 0 Å². The van der Waals surface area contributed by atoms with E-state index in [1.54, 1.807) is 6.33 Å². The second-order valence-electron chi connectivity index (χ2n) is 6.44. The lowest BCUT2D eigenvalue weighted by atomic mass is 10.0. The minimum absolute atomic E-state index is 0.520. The Morgan fingerprint density at radius 1 is 1.13 bits per heavy atom. The summed E-state index contributed by atoms with van der Waals surface area (Å²) >= 11 is 1.87. The zero-order valence-electron chi connectivity index (χ0n) is 13.0. The van der Waals surface area contributed by atoms with E-state index in [2.05, 4.69) is 30.8 Å². The van der Waals surface area contributed by atoms with Crippen molar-refractivity contribution in [1.29, 1.82) is 0 Å². The van der Waals surface area contributed by atoms with Gasteiger partial charge in [-0.1, -0.05) is 0 Å². The minimum atomic E-state index is 0.520. The molecule has 5 nitrogen and oxygen atoms in total. The van der Waals surface area contributed by atoms with Crippen molar-refractivity contribution in [3.8, 4) is 0 Å². The van der Waals surface area contributed by atoms with Gasteiger partial charge >= 0.3 is 0 Å². The number of aryl methyl sites for hydroxylation is 2. The molecule has 3 aromatic heterocycles. The van der Waals surface area contributed by atoms with E-state index in [9.17, 15) is 0 Å². The number of thiophene rings is 1. The number of rotatable bonds is 2. The van der Waals surface area contributed by atoms with Crippen LogP contribution in [0.3, 0.4) is 0 Å². The van der Waals surface area contributed by atoms with Crippen molar-refractivity contribution in [3.63, 3.8) is 0 Å². The smallest absolute Gasteiger partial charge is 0.141 e. The Morgan fingerprint density at radius 2 is 2.04 bits per heavy atom. The molecule has 23 heavy (non-hydrogen) atoms. The van der Waals surface area contributed by atoms with E-state index >= 15 is 0 Å². The van der Waals surface area contributed by atoms with Crippen LogP contribution in [-0.4, -0.2) is 32.8 Å². The third-order valence-corrected chi connectivity index (χ3v) is 6.34. The van der Waals surface area contributed by atoms with Crippen LogP contribution >= 0.6 is 11.3 Å². The second-order valence-corrected chi connectivity index (χ2v) is 7.52. The predicted molar refractivity (Wildman–Crippen MR) is 92.2 cm³/mol. The number of piperidine rings is 1. The summed E-state index contributed by atoms with van der Waals surface area (Å²) in [6.07, 6.45) is 11.6. The molecule has 4 heterocycles. The lowest BCUT2D eigenvalue weighted by Crippen LogP contribution is -2.35. The highest BCUT2D eigenvalue weighted by Gasteiger charge is 2.26. The summed E-state index contributed by atoms with van der Waals surface area (Å²) in [5.74, 6) is 1.16. The van der Waals surface area contributed by atoms with E-state index in [4.69, 9.17) is 0 Å². The zero-order chi connectivity index (χ0) is 15.2. The molecule has 0 spiro atoms. The first-order valence-corrected chi connectivity index (χ1v) is 9.21. The molecule has 0 unspecified atom stereocenters. The molecule has 1 fully saturated rings. The minimum Gasteiger partial charge on any atom is -0.356 e. The standard InChI is InChI=1S/C17H19N5S/c1-3-13-14(4-1)23-17-15(13)16(18-11-19-17)21-9-5-12(6-10-21)22-8-2-7-20-22/h2,7-8,11-12H,1,3-6,9-10H2. The Hall–Kier alpha value is -1.95. The monoisotopic (exact) mass is 325 g/mol. The van der Waals surface area contributed by atoms with Crippen molar-refractivity contribution >= 4 is 27.4 Å². The maximum absolute atomic E-state index is 4.67. The van der Waals surface area contributed by atoms with Crippen molar-refractivity contribution in [2.75, 3.05) is 18.0 Å². The quantitative estimate of drug-likeness (QED) is 0.726. The van der Waals surface area contributed by atoms with Gasteiger partial charge in [0.1, 0.15) is 17.0 Å². The Labute approximate surface area is 139 Å². The first kappa shape index (κ1) is 13.5. The molecule has 0 atom stereocenters. The molecule has 0 N–H and O–H groups in total. The average Bonchev–Trinajstić information content (AvgIpc) is 3.31. The maximum Gasteiger partial charge on any atom is 0.141 e. The first-order chi connectivity index (χ1) is 11.4. The van der Waals surface area contributed by atoms with Crippen LogP contribution in [0, 0.1) is 0 Å². The molecule has 0 saturated carbocycles. The highest BCUT2D eigenvalue weighted by Crippen LogP contribution is 2.40. The number of nitrogens with zero attached hydrogens (tertiary/aromatic N) is 5. The fourth-order valence-electron chi connectivity index (χ4n) is 3.99. The van der Waals surface area contributed by atoms with Gasteiger partial charge in [0.05, 0.1) is 11.4 Å². The molecule has 5 rings (SSSR count). The van der Waals surface area contributed by atoms with Crippen molar-refractivity contribution in [2.24, 2.45) is 0 Å². The summed E-state index contributed by atoms with van der Waals surface area (Å²) in [6.45, 7) is 2.09. The van der Waals surface area contributed by atoms with Crippen LogP contribution in [0.25, 0.3) is 10.2 Å². The Bertz CT molecular complexity index is 830. The van der Waals surface area contributed by atoms with Gasteiger partial charge in [0, 0.05) is 30.4 Å². The van der Waals surface area contributed by atoms with Gasteiger partial charge in [-0.2, -0.15) is 5.10 Å². The van der Waals surface area contributed by atoms with E-state index in [1.165, 1.54) is 39.9 Å². The van der Waals surface area contributed by atoms with Crippen molar-refractivity contribution < 1.29 is 0 Å². The molecule has 3 aromatic rings. The van der Waals surface area contributed by atoms with E-state index in [0.29, 0.717) is 6.04 Å². The molecular formula is C17H19N5S. The number of aromatic nitrogens is 4. The SMILES string of the molecule is c1cnn(C2CCN(c3ncnc4sc5c(c34)CCC5)CC2)c1. The molecule has 6 heteroatoms. The van der Waals surface area contributed by atoms with E-state index in [-0.39, 0.29) is 0 Å². The normalized spacial score (nSPS) is 18.7. The van der Waals surface area contributed by atoms with Crippen LogP contribution in [0.2, 0.25) is 0 Å². The highest BCUT2D eigenvalue weighted by atomic mass is 32.1. The summed E-state index contributed by atoms with van der Waals surface area (Å²) in [5, 5.41) is 5.74. The molecule has 1 aliphatic carbocycles. The summed E-state index contributed by atoms with van der Waals surface area (Å²) in [4.78, 5) is 14.4. The van der Waals surface area contributed by atoms with Crippen LogP contribution in [0.15, 0.2) is 24.8 Å². The lowest BCUT2D eigenvalue weighted by molar-refractivity contribution is 0.366. The van der Waals surface area contributed by atoms with Gasteiger partial charge in [-0.25, -0.2) is 9.97 Å². The lowest BCUT2D eigenvalue weighted by Gasteiger charge is -2.33. The predicted octanol–water partition coefficient (Wildman–Crippen LogP) is 3.22. The molecule has 0 aromatic carbocycles. The van der Waals surface area contributed by atoms with Crippen molar-refractivity contribution in [2.45, 2.75) is 38.1 Å². The number of hydrogen-bond donors (Lipinski definition) is 0. The van der Waals surface area contributed by atoms with Crippen molar-refractivity contribution in [1.82, 2.24) is 19.7 Å². The van der Waals surface area contributed by atoms with Gasteiger partial charge in [0.2, 0.25) is 0 Å². The first-order valence-electron chi connectivity index (χ1n) is 8.39. The van der Waals surface area contributed by atoms with Gasteiger partial charge in [-0.05, 0) is 43.7 Å². The Kier molecular flexibility index (Phi) is 3.11.